The van der Waals surface area contributed by atoms with E-state index < -0.39 is 40.5 Å². The zero-order valence-corrected chi connectivity index (χ0v) is 32.9. The summed E-state index contributed by atoms with van der Waals surface area (Å²) in [6.07, 6.45) is 1.47. The van der Waals surface area contributed by atoms with Gasteiger partial charge >= 0.3 is 0 Å². The zero-order chi connectivity index (χ0) is 40.6. The Balaban J connectivity index is 0.839. The number of likely N-dealkylation sites (tertiary alicyclic amines) is 1. The van der Waals surface area contributed by atoms with E-state index >= 15 is 0 Å². The predicted octanol–water partition coefficient (Wildman–Crippen LogP) is 4.85. The SMILES string of the molecule is CC1(C)[C@H](NC(=O)c2ccc(C(=O)N3CCC(N4Cc5cc6c(cc5C4)C(=O)N(C4CCC(=O)NC4=O)C6=O)CC3)cc2)C(C)(C)[C@H]1Oc1ccc(C#N)c(Cl)c1. The van der Waals surface area contributed by atoms with Crippen molar-refractivity contribution in [3.05, 3.63) is 98.6 Å². The Morgan fingerprint density at radius 2 is 1.46 bits per heavy atom. The second kappa shape index (κ2) is 14.1. The molecule has 294 valence electrons. The molecule has 6 amide bonds. The summed E-state index contributed by atoms with van der Waals surface area (Å²) in [5.41, 5.74) is 3.00. The number of benzene rings is 3. The van der Waals surface area contributed by atoms with Gasteiger partial charge < -0.3 is 15.0 Å². The van der Waals surface area contributed by atoms with Crippen LogP contribution in [-0.2, 0) is 22.7 Å². The maximum atomic E-state index is 13.6. The summed E-state index contributed by atoms with van der Waals surface area (Å²) < 4.78 is 6.35. The Labute approximate surface area is 335 Å². The zero-order valence-electron chi connectivity index (χ0n) is 32.2. The van der Waals surface area contributed by atoms with Crippen molar-refractivity contribution in [2.45, 2.75) is 90.7 Å². The molecule has 14 heteroatoms. The van der Waals surface area contributed by atoms with Crippen molar-refractivity contribution in [1.82, 2.24) is 25.3 Å². The van der Waals surface area contributed by atoms with Gasteiger partial charge in [-0.05, 0) is 78.9 Å². The fourth-order valence-corrected chi connectivity index (χ4v) is 10.1. The van der Waals surface area contributed by atoms with Gasteiger partial charge in [-0.1, -0.05) is 39.3 Å². The number of amides is 6. The highest BCUT2D eigenvalue weighted by molar-refractivity contribution is 6.31. The highest BCUT2D eigenvalue weighted by atomic mass is 35.5. The Morgan fingerprint density at radius 3 is 2.02 bits per heavy atom. The Hall–Kier alpha value is -5.58. The standard InChI is InChI=1S/C43H43ClN6O7/c1-42(2)40(43(3,4)41(42)57-29-10-9-25(20-45)32(44)19-29)47-35(52)23-5-7-24(8-6-23)37(54)48-15-13-28(14-16-48)49-21-26-17-30-31(18-27(26)22-49)39(56)50(38(30)55)33-11-12-34(51)46-36(33)53/h5-10,17-19,28,33,40-41H,11-16,21-22H2,1-4H3,(H,47,52)(H,46,51,53)/t33?,40-,41-. The van der Waals surface area contributed by atoms with E-state index in [1.54, 1.807) is 54.6 Å². The molecule has 3 aromatic rings. The molecule has 3 aromatic carbocycles. The first-order valence-corrected chi connectivity index (χ1v) is 19.6. The number of hydrogen-bond donors (Lipinski definition) is 2. The molecular weight excluding hydrogens is 748 g/mol. The van der Waals surface area contributed by atoms with Gasteiger partial charge in [0.05, 0.1) is 21.7 Å². The number of nitrogens with one attached hydrogen (secondary N) is 2. The molecule has 2 N–H and O–H groups in total. The minimum atomic E-state index is -0.997. The molecule has 3 fully saturated rings. The van der Waals surface area contributed by atoms with Gasteiger partial charge in [0.15, 0.2) is 0 Å². The van der Waals surface area contributed by atoms with Gasteiger partial charge in [0.1, 0.15) is 24.0 Å². The van der Waals surface area contributed by atoms with E-state index in [0.717, 1.165) is 28.9 Å². The fraction of sp³-hybridized carbons (Fsp3) is 0.419. The molecule has 0 radical (unpaired) electrons. The molecule has 1 saturated carbocycles. The number of imide groups is 2. The summed E-state index contributed by atoms with van der Waals surface area (Å²) in [5, 5.41) is 14.9. The molecule has 1 aliphatic carbocycles. The average Bonchev–Trinajstić information content (AvgIpc) is 3.71. The van der Waals surface area contributed by atoms with Crippen molar-refractivity contribution in [2.75, 3.05) is 13.1 Å². The summed E-state index contributed by atoms with van der Waals surface area (Å²) in [6.45, 7) is 10.5. The van der Waals surface area contributed by atoms with Crippen LogP contribution in [0.5, 0.6) is 5.75 Å². The minimum Gasteiger partial charge on any atom is -0.489 e. The number of rotatable bonds is 7. The molecular formula is C43H43ClN6O7. The number of nitrogens with zero attached hydrogens (tertiary/aromatic N) is 4. The second-order valence-electron chi connectivity index (χ2n) is 16.9. The number of ether oxygens (including phenoxy) is 1. The molecule has 2 saturated heterocycles. The summed E-state index contributed by atoms with van der Waals surface area (Å²) >= 11 is 6.23. The maximum Gasteiger partial charge on any atom is 0.262 e. The van der Waals surface area contributed by atoms with Crippen LogP contribution in [0.4, 0.5) is 0 Å². The van der Waals surface area contributed by atoms with Crippen LogP contribution in [-0.4, -0.2) is 87.5 Å². The van der Waals surface area contributed by atoms with Crippen LogP contribution >= 0.6 is 11.6 Å². The van der Waals surface area contributed by atoms with Crippen LogP contribution in [0, 0.1) is 22.2 Å². The van der Waals surface area contributed by atoms with Crippen molar-refractivity contribution in [2.24, 2.45) is 10.8 Å². The largest absolute Gasteiger partial charge is 0.489 e. The second-order valence-corrected chi connectivity index (χ2v) is 17.3. The summed E-state index contributed by atoms with van der Waals surface area (Å²) in [5.74, 6) is -1.83. The van der Waals surface area contributed by atoms with Crippen molar-refractivity contribution < 1.29 is 33.5 Å². The summed E-state index contributed by atoms with van der Waals surface area (Å²) in [4.78, 5) is 82.9. The number of nitriles is 1. The van der Waals surface area contributed by atoms with E-state index in [1.165, 1.54) is 0 Å². The Kier molecular flexibility index (Phi) is 9.48. The molecule has 13 nitrogen and oxygen atoms in total. The normalized spacial score (nSPS) is 24.0. The number of fused-ring (bicyclic) bond motifs is 2. The van der Waals surface area contributed by atoms with Gasteiger partial charge in [-0.15, -0.1) is 0 Å². The minimum absolute atomic E-state index is 0.0713. The molecule has 57 heavy (non-hydrogen) atoms. The van der Waals surface area contributed by atoms with E-state index in [2.05, 4.69) is 21.6 Å². The molecule has 8 rings (SSSR count). The van der Waals surface area contributed by atoms with Gasteiger partial charge in [0.25, 0.3) is 23.6 Å². The number of carbonyl (C=O) groups is 6. The van der Waals surface area contributed by atoms with E-state index in [-0.39, 0.29) is 54.0 Å². The van der Waals surface area contributed by atoms with Crippen LogP contribution in [0.2, 0.25) is 5.02 Å². The molecule has 4 aliphatic heterocycles. The molecule has 0 spiro atoms. The van der Waals surface area contributed by atoms with Gasteiger partial charge in [-0.3, -0.25) is 43.9 Å². The molecule has 5 aliphatic rings. The molecule has 4 heterocycles. The Bertz CT molecular complexity index is 2230. The van der Waals surface area contributed by atoms with Gasteiger partial charge in [0.2, 0.25) is 11.8 Å². The lowest BCUT2D eigenvalue weighted by atomic mass is 9.49. The molecule has 1 unspecified atom stereocenters. The van der Waals surface area contributed by atoms with Gasteiger partial charge in [-0.2, -0.15) is 5.26 Å². The third-order valence-corrected chi connectivity index (χ3v) is 12.9. The van der Waals surface area contributed by atoms with E-state index in [0.29, 0.717) is 53.6 Å². The number of carbonyl (C=O) groups excluding carboxylic acids is 6. The van der Waals surface area contributed by atoms with Crippen LogP contribution in [0.15, 0.2) is 54.6 Å². The quantitative estimate of drug-likeness (QED) is 0.318. The van der Waals surface area contributed by atoms with Crippen LogP contribution in [0.1, 0.15) is 112 Å². The number of piperidine rings is 2. The molecule has 0 bridgehead atoms. The summed E-state index contributed by atoms with van der Waals surface area (Å²) in [7, 11) is 0. The maximum absolute atomic E-state index is 13.6. The molecule has 0 aromatic heterocycles. The summed E-state index contributed by atoms with van der Waals surface area (Å²) in [6, 6.07) is 16.3. The third kappa shape index (κ3) is 6.54. The lowest BCUT2D eigenvalue weighted by Crippen LogP contribution is -2.74. The van der Waals surface area contributed by atoms with Crippen LogP contribution in [0.3, 0.4) is 0 Å². The first kappa shape index (κ1) is 38.3. The highest BCUT2D eigenvalue weighted by Crippen LogP contribution is 2.55. The lowest BCUT2D eigenvalue weighted by Gasteiger charge is -2.63. The topological polar surface area (TPSA) is 169 Å². The number of hydrogen-bond acceptors (Lipinski definition) is 9. The fourth-order valence-electron chi connectivity index (χ4n) is 9.84. The van der Waals surface area contributed by atoms with Gasteiger partial charge in [-0.25, -0.2) is 0 Å². The highest BCUT2D eigenvalue weighted by Gasteiger charge is 2.64. The predicted molar refractivity (Wildman–Crippen MR) is 207 cm³/mol. The van der Waals surface area contributed by atoms with Crippen LogP contribution in [0.25, 0.3) is 0 Å². The molecule has 1 atom stereocenters. The first-order valence-electron chi connectivity index (χ1n) is 19.3. The van der Waals surface area contributed by atoms with Crippen molar-refractivity contribution in [3.63, 3.8) is 0 Å². The third-order valence-electron chi connectivity index (χ3n) is 12.6. The van der Waals surface area contributed by atoms with Crippen molar-refractivity contribution >= 4 is 47.0 Å². The monoisotopic (exact) mass is 790 g/mol. The van der Waals surface area contributed by atoms with E-state index in [9.17, 15) is 34.0 Å². The van der Waals surface area contributed by atoms with Crippen molar-refractivity contribution in [1.29, 1.82) is 5.26 Å². The average molecular weight is 791 g/mol. The van der Waals surface area contributed by atoms with Crippen molar-refractivity contribution in [3.8, 4) is 11.8 Å². The number of halogens is 1. The van der Waals surface area contributed by atoms with E-state index in [4.69, 9.17) is 16.3 Å². The Morgan fingerprint density at radius 1 is 0.860 bits per heavy atom. The van der Waals surface area contributed by atoms with E-state index in [1.807, 2.05) is 32.6 Å². The van der Waals surface area contributed by atoms with Gasteiger partial charge in [0, 0.05) is 72.7 Å². The smallest absolute Gasteiger partial charge is 0.262 e. The van der Waals surface area contributed by atoms with Crippen LogP contribution < -0.4 is 15.4 Å². The first-order chi connectivity index (χ1) is 27.1. The lowest BCUT2D eigenvalue weighted by molar-refractivity contribution is -0.164.